The summed E-state index contributed by atoms with van der Waals surface area (Å²) in [4.78, 5) is 18.1. The van der Waals surface area contributed by atoms with Crippen LogP contribution in [0.5, 0.6) is 5.75 Å². The molecule has 0 N–H and O–H groups in total. The summed E-state index contributed by atoms with van der Waals surface area (Å²) >= 11 is 9.70. The van der Waals surface area contributed by atoms with Gasteiger partial charge in [-0.2, -0.15) is 9.78 Å². The van der Waals surface area contributed by atoms with Gasteiger partial charge in [0.1, 0.15) is 18.2 Å². The molecule has 0 bridgehead atoms. The first-order chi connectivity index (χ1) is 18.7. The van der Waals surface area contributed by atoms with Gasteiger partial charge in [-0.25, -0.2) is 4.98 Å². The zero-order valence-electron chi connectivity index (χ0n) is 22.2. The van der Waals surface area contributed by atoms with E-state index in [0.717, 1.165) is 38.4 Å². The second-order valence-electron chi connectivity index (χ2n) is 9.68. The van der Waals surface area contributed by atoms with E-state index in [1.54, 1.807) is 12.3 Å². The molecule has 0 aliphatic heterocycles. The molecule has 0 saturated carbocycles. The highest BCUT2D eigenvalue weighted by atomic mass is 79.9. The number of rotatable bonds is 7. The molecule has 39 heavy (non-hydrogen) atoms. The van der Waals surface area contributed by atoms with E-state index in [-0.39, 0.29) is 11.5 Å². The predicted molar refractivity (Wildman–Crippen MR) is 162 cm³/mol. The summed E-state index contributed by atoms with van der Waals surface area (Å²) < 4.78 is 10.3. The Balaban J connectivity index is 1.43. The van der Waals surface area contributed by atoms with Crippen LogP contribution in [-0.2, 0) is 6.61 Å². The number of fused-ring (bicyclic) bond motifs is 1. The maximum absolute atomic E-state index is 13.4. The first kappa shape index (κ1) is 26.9. The quantitative estimate of drug-likeness (QED) is 0.178. The third-order valence-corrected chi connectivity index (χ3v) is 7.44. The van der Waals surface area contributed by atoms with Gasteiger partial charge in [-0.05, 0) is 68.4 Å². The maximum Gasteiger partial charge on any atom is 0.282 e. The monoisotopic (exact) mass is 602 g/mol. The average molecular weight is 604 g/mol. The van der Waals surface area contributed by atoms with Gasteiger partial charge in [0.2, 0.25) is 0 Å². The van der Waals surface area contributed by atoms with Crippen molar-refractivity contribution < 1.29 is 4.74 Å². The van der Waals surface area contributed by atoms with E-state index in [2.05, 4.69) is 31.7 Å². The number of nitrogens with zero attached hydrogens (tertiary/aromatic N) is 4. The Hall–Kier alpha value is -3.68. The van der Waals surface area contributed by atoms with Crippen molar-refractivity contribution in [1.82, 2.24) is 14.2 Å². The summed E-state index contributed by atoms with van der Waals surface area (Å²) in [5.74, 6) is 1.40. The molecule has 6 nitrogen and oxygen atoms in total. The first-order valence-corrected chi connectivity index (χ1v) is 13.8. The van der Waals surface area contributed by atoms with E-state index >= 15 is 0 Å². The Morgan fingerprint density at radius 2 is 1.79 bits per heavy atom. The number of halogens is 2. The predicted octanol–water partition coefficient (Wildman–Crippen LogP) is 7.80. The number of hydrogen-bond donors (Lipinski definition) is 0. The Morgan fingerprint density at radius 1 is 1.05 bits per heavy atom. The fraction of sp³-hybridized carbons (Fsp3) is 0.194. The molecular weight excluding hydrogens is 576 g/mol. The van der Waals surface area contributed by atoms with E-state index in [0.29, 0.717) is 28.4 Å². The molecule has 0 radical (unpaired) electrons. The van der Waals surface area contributed by atoms with Gasteiger partial charge in [0.05, 0.1) is 17.1 Å². The van der Waals surface area contributed by atoms with Gasteiger partial charge in [0.15, 0.2) is 0 Å². The molecule has 198 valence electrons. The second kappa shape index (κ2) is 11.2. The second-order valence-corrected chi connectivity index (χ2v) is 11.0. The molecule has 8 heteroatoms. The van der Waals surface area contributed by atoms with Crippen molar-refractivity contribution in [1.29, 1.82) is 0 Å². The van der Waals surface area contributed by atoms with Gasteiger partial charge in [-0.1, -0.05) is 59.6 Å². The Labute approximate surface area is 240 Å². The lowest BCUT2D eigenvalue weighted by Gasteiger charge is -2.12. The molecule has 0 saturated heterocycles. The van der Waals surface area contributed by atoms with Crippen LogP contribution >= 0.6 is 27.5 Å². The fourth-order valence-electron chi connectivity index (χ4n) is 4.55. The van der Waals surface area contributed by atoms with Crippen LogP contribution < -0.4 is 10.3 Å². The van der Waals surface area contributed by atoms with Gasteiger partial charge >= 0.3 is 0 Å². The minimum absolute atomic E-state index is 0.0222. The Bertz CT molecular complexity index is 1750. The Kier molecular flexibility index (Phi) is 7.73. The summed E-state index contributed by atoms with van der Waals surface area (Å²) in [5, 5.41) is 5.83. The molecule has 0 fully saturated rings. The zero-order valence-corrected chi connectivity index (χ0v) is 24.5. The van der Waals surface area contributed by atoms with Crippen molar-refractivity contribution in [3.05, 3.63) is 121 Å². The van der Waals surface area contributed by atoms with Crippen molar-refractivity contribution >= 4 is 44.6 Å². The average Bonchev–Trinajstić information content (AvgIpc) is 3.20. The molecule has 3 aromatic carbocycles. The van der Waals surface area contributed by atoms with Crippen LogP contribution in [0.4, 0.5) is 0 Å². The third-order valence-electron chi connectivity index (χ3n) is 6.58. The smallest absolute Gasteiger partial charge is 0.282 e. The molecule has 2 aromatic heterocycles. The molecular formula is C31H28BrClN4O2. The van der Waals surface area contributed by atoms with E-state index in [4.69, 9.17) is 21.3 Å². The summed E-state index contributed by atoms with van der Waals surface area (Å²) in [6.07, 6.45) is 1.73. The fourth-order valence-corrected chi connectivity index (χ4v) is 5.11. The lowest BCUT2D eigenvalue weighted by atomic mass is 10.2. The summed E-state index contributed by atoms with van der Waals surface area (Å²) in [6, 6.07) is 23.2. The van der Waals surface area contributed by atoms with Crippen LogP contribution in [0.3, 0.4) is 0 Å². The normalized spacial score (nSPS) is 11.7. The molecule has 0 aliphatic carbocycles. The standard InChI is InChI=1S/C31H28BrClN4O2/c1-19(2)30-35-29-14-9-24(32)16-27(29)31(38)37(30)34-17-23-15-20(3)36(21(23)4)25-10-12-26(13-11-25)39-18-22-7-5-6-8-28(22)33/h5-17,19H,18H2,1-4H3. The number of hydrogen-bond acceptors (Lipinski definition) is 4. The van der Waals surface area contributed by atoms with Gasteiger partial charge < -0.3 is 9.30 Å². The van der Waals surface area contributed by atoms with Gasteiger partial charge in [-0.15, -0.1) is 0 Å². The van der Waals surface area contributed by atoms with Crippen molar-refractivity contribution in [2.24, 2.45) is 5.10 Å². The molecule has 0 spiro atoms. The van der Waals surface area contributed by atoms with Crippen LogP contribution in [-0.4, -0.2) is 20.4 Å². The molecule has 5 rings (SSSR count). The molecule has 0 unspecified atom stereocenters. The van der Waals surface area contributed by atoms with Crippen molar-refractivity contribution in [2.45, 2.75) is 40.2 Å². The highest BCUT2D eigenvalue weighted by molar-refractivity contribution is 9.10. The van der Waals surface area contributed by atoms with Crippen molar-refractivity contribution in [2.75, 3.05) is 0 Å². The van der Waals surface area contributed by atoms with Gasteiger partial charge in [-0.3, -0.25) is 4.79 Å². The highest BCUT2D eigenvalue weighted by Gasteiger charge is 2.15. The minimum atomic E-state index is -0.192. The lowest BCUT2D eigenvalue weighted by Crippen LogP contribution is -2.23. The zero-order chi connectivity index (χ0) is 27.7. The topological polar surface area (TPSA) is 61.4 Å². The minimum Gasteiger partial charge on any atom is -0.489 e. The van der Waals surface area contributed by atoms with Crippen LogP contribution in [0.2, 0.25) is 5.02 Å². The van der Waals surface area contributed by atoms with Crippen LogP contribution in [0.1, 0.15) is 48.1 Å². The number of aryl methyl sites for hydroxylation is 1. The third kappa shape index (κ3) is 5.56. The SMILES string of the molecule is Cc1cc(C=Nn2c(C(C)C)nc3ccc(Br)cc3c2=O)c(C)n1-c1ccc(OCc2ccccc2Cl)cc1. The summed E-state index contributed by atoms with van der Waals surface area (Å²) in [6.45, 7) is 8.50. The Morgan fingerprint density at radius 3 is 2.51 bits per heavy atom. The lowest BCUT2D eigenvalue weighted by molar-refractivity contribution is 0.306. The molecule has 0 amide bonds. The van der Waals surface area contributed by atoms with E-state index < -0.39 is 0 Å². The molecule has 5 aromatic rings. The molecule has 0 atom stereocenters. The van der Waals surface area contributed by atoms with E-state index in [1.807, 2.05) is 88.4 Å². The molecule has 2 heterocycles. The van der Waals surface area contributed by atoms with E-state index in [9.17, 15) is 4.79 Å². The summed E-state index contributed by atoms with van der Waals surface area (Å²) in [7, 11) is 0. The van der Waals surface area contributed by atoms with Crippen LogP contribution in [0, 0.1) is 13.8 Å². The van der Waals surface area contributed by atoms with Gasteiger partial charge in [0, 0.05) is 43.6 Å². The number of benzene rings is 3. The first-order valence-electron chi connectivity index (χ1n) is 12.6. The summed E-state index contributed by atoms with van der Waals surface area (Å²) in [5.41, 5.74) is 5.40. The number of aromatic nitrogens is 3. The van der Waals surface area contributed by atoms with Crippen LogP contribution in [0.15, 0.2) is 87.2 Å². The maximum atomic E-state index is 13.4. The van der Waals surface area contributed by atoms with Crippen molar-refractivity contribution in [3.63, 3.8) is 0 Å². The number of ether oxygens (including phenoxy) is 1. The molecule has 0 aliphatic rings. The van der Waals surface area contributed by atoms with Gasteiger partial charge in [0.25, 0.3) is 5.56 Å². The highest BCUT2D eigenvalue weighted by Crippen LogP contribution is 2.24. The largest absolute Gasteiger partial charge is 0.489 e. The van der Waals surface area contributed by atoms with Crippen LogP contribution in [0.25, 0.3) is 16.6 Å². The van der Waals surface area contributed by atoms with Crippen molar-refractivity contribution in [3.8, 4) is 11.4 Å². The van der Waals surface area contributed by atoms with E-state index in [1.165, 1.54) is 4.68 Å².